The molecule has 1 aliphatic rings. The smallest absolute Gasteiger partial charge is 0.326 e. The molecule has 0 aromatic heterocycles. The van der Waals surface area contributed by atoms with Crippen LogP contribution in [-0.2, 0) is 4.79 Å². The lowest BCUT2D eigenvalue weighted by Gasteiger charge is -2.33. The van der Waals surface area contributed by atoms with Crippen LogP contribution >= 0.6 is 0 Å². The quantitative estimate of drug-likeness (QED) is 0.853. The maximum absolute atomic E-state index is 13.1. The average Bonchev–Trinajstić information content (AvgIpc) is 2.40. The molecule has 0 radical (unpaired) electrons. The molecule has 0 bridgehead atoms. The second-order valence-corrected chi connectivity index (χ2v) is 4.51. The first kappa shape index (κ1) is 13.3. The zero-order chi connectivity index (χ0) is 14.0. The number of benzene rings is 1. The highest BCUT2D eigenvalue weighted by Gasteiger charge is 2.33. The van der Waals surface area contributed by atoms with E-state index in [2.05, 4.69) is 0 Å². The number of aromatic hydroxyl groups is 1. The van der Waals surface area contributed by atoms with Gasteiger partial charge in [-0.1, -0.05) is 0 Å². The van der Waals surface area contributed by atoms with Crippen molar-refractivity contribution in [2.75, 3.05) is 6.54 Å². The highest BCUT2D eigenvalue weighted by Crippen LogP contribution is 2.24. The lowest BCUT2D eigenvalue weighted by molar-refractivity contribution is -0.143. The Labute approximate surface area is 109 Å². The maximum atomic E-state index is 13.1. The Bertz CT molecular complexity index is 517. The first-order chi connectivity index (χ1) is 9.00. The number of amides is 1. The number of hydrogen-bond acceptors (Lipinski definition) is 3. The van der Waals surface area contributed by atoms with Crippen LogP contribution in [0.4, 0.5) is 4.39 Å². The minimum absolute atomic E-state index is 0.201. The van der Waals surface area contributed by atoms with E-state index in [1.165, 1.54) is 4.90 Å². The van der Waals surface area contributed by atoms with Gasteiger partial charge in [0, 0.05) is 6.54 Å². The molecule has 5 nitrogen and oxygen atoms in total. The zero-order valence-electron chi connectivity index (χ0n) is 10.2. The van der Waals surface area contributed by atoms with E-state index in [4.69, 9.17) is 5.11 Å². The molecule has 1 heterocycles. The minimum atomic E-state index is -1.08. The van der Waals surface area contributed by atoms with Crippen LogP contribution in [0.15, 0.2) is 18.2 Å². The first-order valence-electron chi connectivity index (χ1n) is 6.03. The molecule has 1 aromatic rings. The number of aliphatic carboxylic acids is 1. The second-order valence-electron chi connectivity index (χ2n) is 4.51. The van der Waals surface area contributed by atoms with E-state index in [-0.39, 0.29) is 11.3 Å². The average molecular weight is 267 g/mol. The second kappa shape index (κ2) is 5.26. The van der Waals surface area contributed by atoms with Crippen LogP contribution in [0.3, 0.4) is 0 Å². The summed E-state index contributed by atoms with van der Waals surface area (Å²) in [6.07, 6.45) is 1.80. The van der Waals surface area contributed by atoms with Crippen molar-refractivity contribution in [1.82, 2.24) is 4.90 Å². The molecule has 1 saturated heterocycles. The van der Waals surface area contributed by atoms with Gasteiger partial charge >= 0.3 is 5.97 Å². The fraction of sp³-hybridized carbons (Fsp3) is 0.385. The van der Waals surface area contributed by atoms with E-state index in [0.717, 1.165) is 24.6 Å². The van der Waals surface area contributed by atoms with Crippen LogP contribution in [0.2, 0.25) is 0 Å². The molecular formula is C13H14FNO4. The Morgan fingerprint density at radius 3 is 2.74 bits per heavy atom. The number of phenols is 1. The summed E-state index contributed by atoms with van der Waals surface area (Å²) in [5.74, 6) is -2.72. The van der Waals surface area contributed by atoms with Crippen LogP contribution in [-0.4, -0.2) is 39.6 Å². The van der Waals surface area contributed by atoms with Crippen molar-refractivity contribution < 1.29 is 24.2 Å². The lowest BCUT2D eigenvalue weighted by atomic mass is 10.0. The zero-order valence-corrected chi connectivity index (χ0v) is 10.2. The molecule has 19 heavy (non-hydrogen) atoms. The van der Waals surface area contributed by atoms with E-state index in [1.807, 2.05) is 0 Å². The van der Waals surface area contributed by atoms with Gasteiger partial charge in [0.25, 0.3) is 5.91 Å². The molecule has 0 spiro atoms. The summed E-state index contributed by atoms with van der Waals surface area (Å²) in [6, 6.07) is 2.13. The number of phenolic OH excluding ortho intramolecular Hbond substituents is 1. The monoisotopic (exact) mass is 267 g/mol. The summed E-state index contributed by atoms with van der Waals surface area (Å²) < 4.78 is 13.1. The molecule has 2 rings (SSSR count). The van der Waals surface area contributed by atoms with Crippen LogP contribution in [0, 0.1) is 5.82 Å². The van der Waals surface area contributed by atoms with Crippen LogP contribution < -0.4 is 0 Å². The van der Waals surface area contributed by atoms with E-state index < -0.39 is 23.7 Å². The highest BCUT2D eigenvalue weighted by atomic mass is 19.1. The lowest BCUT2D eigenvalue weighted by Crippen LogP contribution is -2.48. The summed E-state index contributed by atoms with van der Waals surface area (Å²) in [5.41, 5.74) is -0.201. The van der Waals surface area contributed by atoms with Gasteiger partial charge in [-0.25, -0.2) is 9.18 Å². The van der Waals surface area contributed by atoms with Crippen molar-refractivity contribution in [2.24, 2.45) is 0 Å². The molecular weight excluding hydrogens is 253 g/mol. The van der Waals surface area contributed by atoms with Crippen LogP contribution in [0.1, 0.15) is 29.6 Å². The Morgan fingerprint density at radius 1 is 1.32 bits per heavy atom. The van der Waals surface area contributed by atoms with Gasteiger partial charge in [0.05, 0.1) is 5.56 Å². The third-order valence-corrected chi connectivity index (χ3v) is 3.24. The number of carboxylic acid groups (broad SMARTS) is 1. The molecule has 1 amide bonds. The fourth-order valence-electron chi connectivity index (χ4n) is 2.27. The summed E-state index contributed by atoms with van der Waals surface area (Å²) in [6.45, 7) is 0.297. The van der Waals surface area contributed by atoms with Crippen molar-refractivity contribution in [2.45, 2.75) is 25.3 Å². The Kier molecular flexibility index (Phi) is 3.69. The third-order valence-electron chi connectivity index (χ3n) is 3.24. The summed E-state index contributed by atoms with van der Waals surface area (Å²) in [4.78, 5) is 24.5. The van der Waals surface area contributed by atoms with E-state index in [9.17, 15) is 19.1 Å². The molecule has 0 aliphatic carbocycles. The maximum Gasteiger partial charge on any atom is 0.326 e. The van der Waals surface area contributed by atoms with E-state index >= 15 is 0 Å². The number of carbonyl (C=O) groups is 2. The number of rotatable bonds is 2. The summed E-state index contributed by atoms with van der Waals surface area (Å²) in [5, 5.41) is 18.7. The Balaban J connectivity index is 2.31. The predicted octanol–water partition coefficient (Wildman–Crippen LogP) is 1.61. The fourth-order valence-corrected chi connectivity index (χ4v) is 2.27. The largest absolute Gasteiger partial charge is 0.507 e. The van der Waals surface area contributed by atoms with Gasteiger partial charge in [0.15, 0.2) is 0 Å². The van der Waals surface area contributed by atoms with Crippen molar-refractivity contribution >= 4 is 11.9 Å². The number of halogens is 1. The van der Waals surface area contributed by atoms with Crippen molar-refractivity contribution in [3.05, 3.63) is 29.6 Å². The van der Waals surface area contributed by atoms with E-state index in [0.29, 0.717) is 19.4 Å². The molecule has 1 fully saturated rings. The third kappa shape index (κ3) is 2.67. The van der Waals surface area contributed by atoms with Gasteiger partial charge in [0.2, 0.25) is 0 Å². The summed E-state index contributed by atoms with van der Waals surface area (Å²) >= 11 is 0. The summed E-state index contributed by atoms with van der Waals surface area (Å²) in [7, 11) is 0. The minimum Gasteiger partial charge on any atom is -0.507 e. The normalized spacial score (nSPS) is 19.2. The van der Waals surface area contributed by atoms with Gasteiger partial charge in [-0.2, -0.15) is 0 Å². The Morgan fingerprint density at radius 2 is 2.05 bits per heavy atom. The van der Waals surface area contributed by atoms with Crippen molar-refractivity contribution in [3.63, 3.8) is 0 Å². The number of hydrogen-bond donors (Lipinski definition) is 2. The van der Waals surface area contributed by atoms with Gasteiger partial charge in [-0.3, -0.25) is 4.79 Å². The number of nitrogens with zero attached hydrogens (tertiary/aromatic N) is 1. The molecule has 102 valence electrons. The molecule has 1 aliphatic heterocycles. The topological polar surface area (TPSA) is 77.8 Å². The van der Waals surface area contributed by atoms with Crippen LogP contribution in [0.5, 0.6) is 5.75 Å². The van der Waals surface area contributed by atoms with Crippen molar-refractivity contribution in [3.8, 4) is 5.75 Å². The predicted molar refractivity (Wildman–Crippen MR) is 64.4 cm³/mol. The SMILES string of the molecule is O=C(O)[C@@H]1CCCCN1C(=O)c1cc(F)ccc1O. The van der Waals surface area contributed by atoms with Crippen LogP contribution in [0.25, 0.3) is 0 Å². The number of likely N-dealkylation sites (tertiary alicyclic amines) is 1. The molecule has 2 N–H and O–H groups in total. The molecule has 6 heteroatoms. The highest BCUT2D eigenvalue weighted by molar-refractivity contribution is 5.99. The first-order valence-corrected chi connectivity index (χ1v) is 6.03. The molecule has 0 unspecified atom stereocenters. The standard InChI is InChI=1S/C13H14FNO4/c14-8-4-5-11(16)9(7-8)12(17)15-6-2-1-3-10(15)13(18)19/h4-5,7,10,16H,1-3,6H2,(H,18,19)/t10-/m0/s1. The molecule has 1 atom stereocenters. The van der Waals surface area contributed by atoms with Gasteiger partial charge in [-0.05, 0) is 37.5 Å². The number of carbonyl (C=O) groups excluding carboxylic acids is 1. The van der Waals surface area contributed by atoms with Gasteiger partial charge < -0.3 is 15.1 Å². The van der Waals surface area contributed by atoms with Gasteiger partial charge in [0.1, 0.15) is 17.6 Å². The Hall–Kier alpha value is -2.11. The number of piperidine rings is 1. The van der Waals surface area contributed by atoms with Crippen molar-refractivity contribution in [1.29, 1.82) is 0 Å². The number of carboxylic acids is 1. The molecule has 0 saturated carbocycles. The van der Waals surface area contributed by atoms with Gasteiger partial charge in [-0.15, -0.1) is 0 Å². The van der Waals surface area contributed by atoms with E-state index in [1.54, 1.807) is 0 Å². The molecule has 1 aromatic carbocycles.